The van der Waals surface area contributed by atoms with Crippen molar-refractivity contribution in [1.82, 2.24) is 5.32 Å². The highest BCUT2D eigenvalue weighted by Gasteiger charge is 2.06. The van der Waals surface area contributed by atoms with Gasteiger partial charge in [-0.15, -0.1) is 0 Å². The molecule has 0 aromatic heterocycles. The van der Waals surface area contributed by atoms with Crippen LogP contribution in [0.3, 0.4) is 0 Å². The molecule has 0 bridgehead atoms. The van der Waals surface area contributed by atoms with Gasteiger partial charge in [0, 0.05) is 39.9 Å². The average molecular weight is 334 g/mol. The molecule has 1 N–H and O–H groups in total. The van der Waals surface area contributed by atoms with Crippen molar-refractivity contribution >= 4 is 26.7 Å². The number of hydrogen-bond acceptors (Lipinski definition) is 3. The van der Waals surface area contributed by atoms with Crippen LogP contribution >= 0.6 is 15.9 Å². The first-order chi connectivity index (χ1) is 8.52. The van der Waals surface area contributed by atoms with Gasteiger partial charge in [-0.3, -0.25) is 4.21 Å². The number of hydrogen-bond donors (Lipinski definition) is 1. The van der Waals surface area contributed by atoms with E-state index >= 15 is 0 Å². The second-order valence-corrected chi connectivity index (χ2v) is 6.71. The van der Waals surface area contributed by atoms with Crippen LogP contribution in [0.15, 0.2) is 22.7 Å². The van der Waals surface area contributed by atoms with Crippen molar-refractivity contribution in [3.63, 3.8) is 0 Å². The van der Waals surface area contributed by atoms with E-state index in [1.165, 1.54) is 5.56 Å². The quantitative estimate of drug-likeness (QED) is 0.833. The van der Waals surface area contributed by atoms with E-state index < -0.39 is 10.8 Å². The lowest BCUT2D eigenvalue weighted by Gasteiger charge is -2.14. The molecule has 2 atom stereocenters. The molecule has 0 aliphatic rings. The Morgan fingerprint density at radius 1 is 1.50 bits per heavy atom. The normalized spacial score (nSPS) is 14.2. The molecule has 0 aliphatic heterocycles. The summed E-state index contributed by atoms with van der Waals surface area (Å²) in [5, 5.41) is 3.43. The van der Waals surface area contributed by atoms with E-state index in [0.29, 0.717) is 6.04 Å². The van der Waals surface area contributed by atoms with Gasteiger partial charge in [-0.25, -0.2) is 0 Å². The standard InChI is InChI=1S/C13H20BrNO2S/c1-10(6-7-18(3)16)15-9-11-8-12(17-2)4-5-13(11)14/h4-5,8,10,15H,6-7,9H2,1-3H3. The van der Waals surface area contributed by atoms with E-state index in [0.717, 1.165) is 28.9 Å². The average Bonchev–Trinajstić information content (AvgIpc) is 2.35. The summed E-state index contributed by atoms with van der Waals surface area (Å²) in [6.07, 6.45) is 2.66. The third kappa shape index (κ3) is 5.50. The van der Waals surface area contributed by atoms with Crippen molar-refractivity contribution in [2.75, 3.05) is 19.1 Å². The number of rotatable bonds is 7. The summed E-state index contributed by atoms with van der Waals surface area (Å²) in [6.45, 7) is 2.89. The Morgan fingerprint density at radius 2 is 2.22 bits per heavy atom. The van der Waals surface area contributed by atoms with E-state index in [9.17, 15) is 4.21 Å². The van der Waals surface area contributed by atoms with Gasteiger partial charge in [0.1, 0.15) is 5.75 Å². The first-order valence-corrected chi connectivity index (χ1v) is 8.40. The molecule has 0 aliphatic carbocycles. The minimum atomic E-state index is -0.713. The predicted octanol–water partition coefficient (Wildman–Crippen LogP) is 2.70. The Kier molecular flexibility index (Phi) is 6.89. The Labute approximate surface area is 120 Å². The molecule has 1 aromatic rings. The summed E-state index contributed by atoms with van der Waals surface area (Å²) < 4.78 is 17.3. The fourth-order valence-electron chi connectivity index (χ4n) is 1.54. The zero-order chi connectivity index (χ0) is 13.5. The van der Waals surface area contributed by atoms with Crippen LogP contribution in [-0.2, 0) is 17.3 Å². The lowest BCUT2D eigenvalue weighted by Crippen LogP contribution is -2.27. The summed E-state index contributed by atoms with van der Waals surface area (Å²) in [4.78, 5) is 0. The third-order valence-electron chi connectivity index (χ3n) is 2.73. The molecule has 0 heterocycles. The van der Waals surface area contributed by atoms with Crippen LogP contribution in [0, 0.1) is 0 Å². The molecule has 0 amide bonds. The highest BCUT2D eigenvalue weighted by Crippen LogP contribution is 2.22. The fourth-order valence-corrected chi connectivity index (χ4v) is 2.61. The Hall–Kier alpha value is -0.390. The van der Waals surface area contributed by atoms with Crippen LogP contribution in [0.5, 0.6) is 5.75 Å². The molecule has 18 heavy (non-hydrogen) atoms. The zero-order valence-corrected chi connectivity index (χ0v) is 13.4. The minimum absolute atomic E-state index is 0.354. The van der Waals surface area contributed by atoms with E-state index in [2.05, 4.69) is 28.2 Å². The lowest BCUT2D eigenvalue weighted by molar-refractivity contribution is 0.413. The second-order valence-electron chi connectivity index (χ2n) is 4.31. The van der Waals surface area contributed by atoms with Gasteiger partial charge in [-0.05, 0) is 37.1 Å². The summed E-state index contributed by atoms with van der Waals surface area (Å²) in [5.41, 5.74) is 1.17. The topological polar surface area (TPSA) is 38.3 Å². The summed E-state index contributed by atoms with van der Waals surface area (Å²) in [7, 11) is 0.953. The SMILES string of the molecule is COc1ccc(Br)c(CNC(C)CCS(C)=O)c1. The van der Waals surface area contributed by atoms with Crippen molar-refractivity contribution in [3.8, 4) is 5.75 Å². The highest BCUT2D eigenvalue weighted by molar-refractivity contribution is 9.10. The van der Waals surface area contributed by atoms with Crippen molar-refractivity contribution in [1.29, 1.82) is 0 Å². The van der Waals surface area contributed by atoms with Crippen molar-refractivity contribution in [2.24, 2.45) is 0 Å². The van der Waals surface area contributed by atoms with Crippen LogP contribution in [0.2, 0.25) is 0 Å². The molecule has 2 unspecified atom stereocenters. The number of benzene rings is 1. The van der Waals surface area contributed by atoms with Crippen LogP contribution in [0.4, 0.5) is 0 Å². The third-order valence-corrected chi connectivity index (χ3v) is 4.32. The van der Waals surface area contributed by atoms with Crippen molar-refractivity contribution < 1.29 is 8.95 Å². The maximum absolute atomic E-state index is 11.0. The maximum atomic E-state index is 11.0. The summed E-state index contributed by atoms with van der Waals surface area (Å²) in [6, 6.07) is 6.28. The molecule has 3 nitrogen and oxygen atoms in total. The monoisotopic (exact) mass is 333 g/mol. The van der Waals surface area contributed by atoms with Gasteiger partial charge >= 0.3 is 0 Å². The molecule has 0 radical (unpaired) electrons. The lowest BCUT2D eigenvalue weighted by atomic mass is 10.2. The van der Waals surface area contributed by atoms with Gasteiger partial charge in [0.25, 0.3) is 0 Å². The predicted molar refractivity (Wildman–Crippen MR) is 80.5 cm³/mol. The van der Waals surface area contributed by atoms with Crippen LogP contribution in [-0.4, -0.2) is 29.4 Å². The van der Waals surface area contributed by atoms with Crippen LogP contribution in [0.1, 0.15) is 18.9 Å². The van der Waals surface area contributed by atoms with E-state index in [1.54, 1.807) is 13.4 Å². The molecular formula is C13H20BrNO2S. The fraction of sp³-hybridized carbons (Fsp3) is 0.538. The highest BCUT2D eigenvalue weighted by atomic mass is 79.9. The van der Waals surface area contributed by atoms with Gasteiger partial charge in [0.2, 0.25) is 0 Å². The van der Waals surface area contributed by atoms with Gasteiger partial charge in [0.05, 0.1) is 7.11 Å². The van der Waals surface area contributed by atoms with Crippen molar-refractivity contribution in [2.45, 2.75) is 25.9 Å². The van der Waals surface area contributed by atoms with Crippen LogP contribution in [0.25, 0.3) is 0 Å². The number of ether oxygens (including phenoxy) is 1. The molecule has 1 rings (SSSR count). The molecule has 0 spiro atoms. The smallest absolute Gasteiger partial charge is 0.119 e. The van der Waals surface area contributed by atoms with Gasteiger partial charge in [-0.1, -0.05) is 15.9 Å². The van der Waals surface area contributed by atoms with Gasteiger partial charge in [-0.2, -0.15) is 0 Å². The van der Waals surface area contributed by atoms with Gasteiger partial charge in [0.15, 0.2) is 0 Å². The molecule has 1 aromatic carbocycles. The molecular weight excluding hydrogens is 314 g/mol. The molecule has 0 saturated carbocycles. The number of methoxy groups -OCH3 is 1. The van der Waals surface area contributed by atoms with Crippen molar-refractivity contribution in [3.05, 3.63) is 28.2 Å². The summed E-state index contributed by atoms with van der Waals surface area (Å²) >= 11 is 3.53. The first-order valence-electron chi connectivity index (χ1n) is 5.88. The summed E-state index contributed by atoms with van der Waals surface area (Å²) in [5.74, 6) is 1.60. The largest absolute Gasteiger partial charge is 0.497 e. The maximum Gasteiger partial charge on any atom is 0.119 e. The Morgan fingerprint density at radius 3 is 2.83 bits per heavy atom. The molecule has 0 fully saturated rings. The molecule has 0 saturated heterocycles. The Balaban J connectivity index is 2.49. The van der Waals surface area contributed by atoms with Gasteiger partial charge < -0.3 is 10.1 Å². The Bertz CT molecular complexity index is 412. The minimum Gasteiger partial charge on any atom is -0.497 e. The number of halogens is 1. The number of nitrogens with one attached hydrogen (secondary N) is 1. The molecule has 102 valence electrons. The first kappa shape index (κ1) is 15.7. The van der Waals surface area contributed by atoms with E-state index in [4.69, 9.17) is 4.74 Å². The van der Waals surface area contributed by atoms with Crippen LogP contribution < -0.4 is 10.1 Å². The molecule has 5 heteroatoms. The van der Waals surface area contributed by atoms with E-state index in [1.807, 2.05) is 18.2 Å². The second kappa shape index (κ2) is 7.92. The van der Waals surface area contributed by atoms with E-state index in [-0.39, 0.29) is 0 Å². The zero-order valence-electron chi connectivity index (χ0n) is 11.0.